The van der Waals surface area contributed by atoms with E-state index in [9.17, 15) is 8.78 Å². The molecule has 2 unspecified atom stereocenters. The maximum Gasteiger partial charge on any atom is 0.168 e. The molecule has 108 valence electrons. The van der Waals surface area contributed by atoms with Crippen LogP contribution >= 0.6 is 27.3 Å². The topological polar surface area (TPSA) is 35.2 Å². The Balaban J connectivity index is 2.28. The lowest BCUT2D eigenvalue weighted by atomic mass is 10.1. The zero-order chi connectivity index (χ0) is 14.7. The largest absolute Gasteiger partial charge is 0.480 e. The third kappa shape index (κ3) is 3.56. The van der Waals surface area contributed by atoms with Crippen molar-refractivity contribution in [3.8, 4) is 5.75 Å². The minimum Gasteiger partial charge on any atom is -0.480 e. The highest BCUT2D eigenvalue weighted by Gasteiger charge is 2.23. The Morgan fingerprint density at radius 3 is 2.65 bits per heavy atom. The Kier molecular flexibility index (Phi) is 5.12. The smallest absolute Gasteiger partial charge is 0.168 e. The molecule has 0 bridgehead atoms. The second-order valence-electron chi connectivity index (χ2n) is 4.35. The van der Waals surface area contributed by atoms with Gasteiger partial charge in [-0.2, -0.15) is 0 Å². The first-order valence-corrected chi connectivity index (χ1v) is 7.79. The number of ether oxygens (including phenoxy) is 1. The highest BCUT2D eigenvalue weighted by molar-refractivity contribution is 9.10. The second-order valence-corrected chi connectivity index (χ2v) is 6.21. The molecule has 2 aromatic rings. The Hall–Kier alpha value is -0.980. The van der Waals surface area contributed by atoms with E-state index in [1.165, 1.54) is 17.4 Å². The quantitative estimate of drug-likeness (QED) is 0.841. The van der Waals surface area contributed by atoms with Crippen molar-refractivity contribution in [1.82, 2.24) is 0 Å². The van der Waals surface area contributed by atoms with Gasteiger partial charge in [-0.3, -0.25) is 0 Å². The molecule has 0 saturated heterocycles. The van der Waals surface area contributed by atoms with Crippen molar-refractivity contribution < 1.29 is 13.5 Å². The minimum absolute atomic E-state index is 0.00447. The van der Waals surface area contributed by atoms with E-state index in [0.29, 0.717) is 6.42 Å². The van der Waals surface area contributed by atoms with E-state index in [4.69, 9.17) is 10.5 Å². The molecule has 0 fully saturated rings. The van der Waals surface area contributed by atoms with Crippen molar-refractivity contribution in [3.63, 3.8) is 0 Å². The van der Waals surface area contributed by atoms with Gasteiger partial charge < -0.3 is 10.5 Å². The summed E-state index contributed by atoms with van der Waals surface area (Å²) in [5, 5.41) is 1.91. The van der Waals surface area contributed by atoms with E-state index < -0.39 is 17.7 Å². The summed E-state index contributed by atoms with van der Waals surface area (Å²) in [5.74, 6) is -1.36. The lowest BCUT2D eigenvalue weighted by Crippen LogP contribution is -2.31. The molecule has 0 aliphatic heterocycles. The van der Waals surface area contributed by atoms with Crippen LogP contribution in [0, 0.1) is 11.6 Å². The summed E-state index contributed by atoms with van der Waals surface area (Å²) in [4.78, 5) is 0.898. The molecule has 0 aliphatic carbocycles. The molecule has 0 spiro atoms. The summed E-state index contributed by atoms with van der Waals surface area (Å²) in [6.07, 6.45) is 0.222. The first kappa shape index (κ1) is 15.4. The van der Waals surface area contributed by atoms with Gasteiger partial charge in [-0.1, -0.05) is 6.92 Å². The Labute approximate surface area is 128 Å². The van der Waals surface area contributed by atoms with Gasteiger partial charge >= 0.3 is 0 Å². The minimum atomic E-state index is -0.728. The number of thiophene rings is 1. The molecule has 0 saturated carbocycles. The van der Waals surface area contributed by atoms with Gasteiger partial charge in [0.05, 0.1) is 0 Å². The van der Waals surface area contributed by atoms with Crippen molar-refractivity contribution in [1.29, 1.82) is 0 Å². The average molecular weight is 362 g/mol. The molecule has 0 radical (unpaired) electrons. The highest BCUT2D eigenvalue weighted by Crippen LogP contribution is 2.32. The molecular weight excluding hydrogens is 348 g/mol. The van der Waals surface area contributed by atoms with Crippen molar-refractivity contribution >= 4 is 27.3 Å². The van der Waals surface area contributed by atoms with Crippen LogP contribution in [0.2, 0.25) is 0 Å². The van der Waals surface area contributed by atoms with Crippen LogP contribution < -0.4 is 10.5 Å². The molecule has 0 amide bonds. The molecule has 1 aromatic heterocycles. The van der Waals surface area contributed by atoms with E-state index >= 15 is 0 Å². The molecule has 0 aliphatic rings. The lowest BCUT2D eigenvalue weighted by molar-refractivity contribution is 0.167. The van der Waals surface area contributed by atoms with Crippen molar-refractivity contribution in [2.75, 3.05) is 0 Å². The van der Waals surface area contributed by atoms with Crippen LogP contribution in [0.15, 0.2) is 34.1 Å². The number of hydrogen-bond acceptors (Lipinski definition) is 3. The van der Waals surface area contributed by atoms with Crippen LogP contribution in [0.4, 0.5) is 8.78 Å². The zero-order valence-electron chi connectivity index (χ0n) is 10.8. The lowest BCUT2D eigenvalue weighted by Gasteiger charge is -2.23. The van der Waals surface area contributed by atoms with Crippen LogP contribution in [-0.2, 0) is 0 Å². The van der Waals surface area contributed by atoms with Crippen LogP contribution in [-0.4, -0.2) is 6.04 Å². The summed E-state index contributed by atoms with van der Waals surface area (Å²) in [6.45, 7) is 1.94. The standard InChI is InChI=1S/C14H14BrF2NOS/c1-2-11(18)14(13-5-8(15)7-20-13)19-12-4-3-9(16)6-10(12)17/h3-7,11,14H,2,18H2,1H3. The molecule has 2 atom stereocenters. The van der Waals surface area contributed by atoms with E-state index in [1.807, 2.05) is 18.4 Å². The summed E-state index contributed by atoms with van der Waals surface area (Å²) in [6, 6.07) is 4.87. The summed E-state index contributed by atoms with van der Waals surface area (Å²) in [5.41, 5.74) is 6.06. The number of nitrogens with two attached hydrogens (primary N) is 1. The number of hydrogen-bond donors (Lipinski definition) is 1. The second kappa shape index (κ2) is 6.65. The fourth-order valence-corrected chi connectivity index (χ4v) is 3.30. The van der Waals surface area contributed by atoms with Crippen molar-refractivity contribution in [3.05, 3.63) is 50.6 Å². The van der Waals surface area contributed by atoms with Gasteiger partial charge in [0.2, 0.25) is 0 Å². The molecular formula is C14H14BrF2NOS. The van der Waals surface area contributed by atoms with Gasteiger partial charge in [0.25, 0.3) is 0 Å². The third-order valence-corrected chi connectivity index (χ3v) is 4.63. The van der Waals surface area contributed by atoms with Gasteiger partial charge in [0, 0.05) is 26.8 Å². The number of rotatable bonds is 5. The van der Waals surface area contributed by atoms with Crippen molar-refractivity contribution in [2.45, 2.75) is 25.5 Å². The van der Waals surface area contributed by atoms with E-state index in [0.717, 1.165) is 21.5 Å². The fraction of sp³-hybridized carbons (Fsp3) is 0.286. The average Bonchev–Trinajstić information content (AvgIpc) is 2.83. The molecule has 20 heavy (non-hydrogen) atoms. The Morgan fingerprint density at radius 2 is 2.10 bits per heavy atom. The summed E-state index contributed by atoms with van der Waals surface area (Å²) < 4.78 is 33.2. The van der Waals surface area contributed by atoms with Crippen LogP contribution in [0.25, 0.3) is 0 Å². The van der Waals surface area contributed by atoms with Gasteiger partial charge in [-0.25, -0.2) is 8.78 Å². The fourth-order valence-electron chi connectivity index (χ4n) is 1.76. The van der Waals surface area contributed by atoms with E-state index in [-0.39, 0.29) is 11.8 Å². The summed E-state index contributed by atoms with van der Waals surface area (Å²) >= 11 is 4.85. The molecule has 1 heterocycles. The first-order chi connectivity index (χ1) is 9.51. The first-order valence-electron chi connectivity index (χ1n) is 6.12. The SMILES string of the molecule is CCC(N)C(Oc1ccc(F)cc1F)c1cc(Br)cs1. The number of halogens is 3. The van der Waals surface area contributed by atoms with Crippen molar-refractivity contribution in [2.24, 2.45) is 5.73 Å². The molecule has 2 rings (SSSR count). The molecule has 6 heteroatoms. The monoisotopic (exact) mass is 361 g/mol. The maximum absolute atomic E-state index is 13.7. The number of benzene rings is 1. The van der Waals surface area contributed by atoms with Gasteiger partial charge in [0.15, 0.2) is 11.6 Å². The van der Waals surface area contributed by atoms with Crippen LogP contribution in [0.3, 0.4) is 0 Å². The van der Waals surface area contributed by atoms with Gasteiger partial charge in [-0.15, -0.1) is 11.3 Å². The molecule has 2 nitrogen and oxygen atoms in total. The van der Waals surface area contributed by atoms with Crippen LogP contribution in [0.5, 0.6) is 5.75 Å². The normalized spacial score (nSPS) is 14.1. The molecule has 2 N–H and O–H groups in total. The Morgan fingerprint density at radius 1 is 1.35 bits per heavy atom. The molecule has 1 aromatic carbocycles. The zero-order valence-corrected chi connectivity index (χ0v) is 13.2. The van der Waals surface area contributed by atoms with Crippen LogP contribution in [0.1, 0.15) is 24.3 Å². The van der Waals surface area contributed by atoms with E-state index in [2.05, 4.69) is 15.9 Å². The Bertz CT molecular complexity index is 590. The van der Waals surface area contributed by atoms with E-state index in [1.54, 1.807) is 0 Å². The van der Waals surface area contributed by atoms with Gasteiger partial charge in [0.1, 0.15) is 11.9 Å². The highest BCUT2D eigenvalue weighted by atomic mass is 79.9. The van der Waals surface area contributed by atoms with Gasteiger partial charge in [-0.05, 0) is 40.5 Å². The summed E-state index contributed by atoms with van der Waals surface area (Å²) in [7, 11) is 0. The predicted molar refractivity (Wildman–Crippen MR) is 80.0 cm³/mol. The predicted octanol–water partition coefficient (Wildman–Crippen LogP) is 4.65. The third-order valence-electron chi connectivity index (χ3n) is 2.88. The maximum atomic E-state index is 13.7.